The van der Waals surface area contributed by atoms with Crippen molar-refractivity contribution in [3.63, 3.8) is 0 Å². The summed E-state index contributed by atoms with van der Waals surface area (Å²) in [7, 11) is 4.88. The fourth-order valence-corrected chi connectivity index (χ4v) is 12.8. The van der Waals surface area contributed by atoms with Gasteiger partial charge in [-0.2, -0.15) is 0 Å². The molecular formula is C63H71IN6O9. The second-order valence-electron chi connectivity index (χ2n) is 21.5. The van der Waals surface area contributed by atoms with Crippen LogP contribution in [0.25, 0.3) is 0 Å². The number of piperidine rings is 3. The molecule has 0 aliphatic carbocycles. The van der Waals surface area contributed by atoms with Crippen LogP contribution < -0.4 is 45.6 Å². The molecule has 3 fully saturated rings. The molecule has 6 aromatic carbocycles. The zero-order valence-corrected chi connectivity index (χ0v) is 47.6. The normalized spacial score (nSPS) is 17.6. The maximum Gasteiger partial charge on any atom is 0.253 e. The molecule has 6 aliphatic heterocycles. The topological polar surface area (TPSA) is 194 Å². The molecule has 0 radical (unpaired) electrons. The van der Waals surface area contributed by atoms with Crippen molar-refractivity contribution in [1.29, 1.82) is 0 Å². The number of halogens is 1. The fraction of sp³-hybridized carbons (Fsp3) is 0.381. The first kappa shape index (κ1) is 55.5. The number of nitrogens with zero attached hydrogens (tertiary/aromatic N) is 3. The Morgan fingerprint density at radius 3 is 1.20 bits per heavy atom. The van der Waals surface area contributed by atoms with Crippen LogP contribution in [0.15, 0.2) is 121 Å². The molecule has 6 aliphatic rings. The number of hydrogen-bond acceptors (Lipinski definition) is 12. The minimum Gasteiger partial charge on any atom is -0.497 e. The van der Waals surface area contributed by atoms with Gasteiger partial charge in [0.15, 0.2) is 0 Å². The maximum atomic E-state index is 12.9. The number of ether oxygens (including phenoxy) is 6. The largest absolute Gasteiger partial charge is 0.497 e. The summed E-state index contributed by atoms with van der Waals surface area (Å²) in [5.41, 5.74) is 26.7. The van der Waals surface area contributed by atoms with E-state index in [-0.39, 0.29) is 34.0 Å². The van der Waals surface area contributed by atoms with Crippen LogP contribution in [0, 0.1) is 3.57 Å². The number of amides is 3. The highest BCUT2D eigenvalue weighted by molar-refractivity contribution is 14.1. The average molecular weight is 1180 g/mol. The van der Waals surface area contributed by atoms with Gasteiger partial charge < -0.3 is 60.3 Å². The second-order valence-corrected chi connectivity index (χ2v) is 22.7. The summed E-state index contributed by atoms with van der Waals surface area (Å²) in [5.74, 6) is 5.39. The van der Waals surface area contributed by atoms with Crippen LogP contribution in [-0.4, -0.2) is 113 Å². The van der Waals surface area contributed by atoms with Gasteiger partial charge >= 0.3 is 0 Å². The third kappa shape index (κ3) is 11.3. The molecule has 6 heterocycles. The molecule has 3 saturated heterocycles. The van der Waals surface area contributed by atoms with Crippen molar-refractivity contribution < 1.29 is 42.8 Å². The summed E-state index contributed by atoms with van der Waals surface area (Å²) in [6, 6.07) is 39.0. The first-order valence-electron chi connectivity index (χ1n) is 27.2. The van der Waals surface area contributed by atoms with E-state index in [9.17, 15) is 14.4 Å². The number of carbonyl (C=O) groups excluding carboxylic acids is 3. The molecule has 12 rings (SSSR count). The fourth-order valence-electron chi connectivity index (χ4n) is 12.1. The van der Waals surface area contributed by atoms with E-state index in [1.165, 1.54) is 16.7 Å². The van der Waals surface area contributed by atoms with Gasteiger partial charge in [-0.15, -0.1) is 0 Å². The van der Waals surface area contributed by atoms with Gasteiger partial charge in [0, 0.05) is 109 Å². The first-order valence-corrected chi connectivity index (χ1v) is 28.3. The maximum absolute atomic E-state index is 12.9. The van der Waals surface area contributed by atoms with E-state index in [2.05, 4.69) is 40.8 Å². The van der Waals surface area contributed by atoms with Crippen LogP contribution >= 0.6 is 22.6 Å². The Morgan fingerprint density at radius 1 is 0.456 bits per heavy atom. The molecule has 0 atom stereocenters. The number of carbonyl (C=O) groups is 3. The highest BCUT2D eigenvalue weighted by atomic mass is 127. The Bertz CT molecular complexity index is 3180. The predicted molar refractivity (Wildman–Crippen MR) is 312 cm³/mol. The van der Waals surface area contributed by atoms with Crippen molar-refractivity contribution in [2.45, 2.75) is 74.4 Å². The number of benzene rings is 6. The van der Waals surface area contributed by atoms with Crippen molar-refractivity contribution in [3.8, 4) is 34.5 Å². The SMILES string of the molecule is COc1ccc(C(=O)N2CCC3(CC2)COc2ccc(CN)cc23)cc1.COc1ccc(C(=O)N2CCC3(CC2)COc2ccc(CN)cc23)cc1I.COc1cccc(C(=O)N2CCC3(CC2)COc2ccc(CN)cc23)c1. The Morgan fingerprint density at radius 2 is 0.835 bits per heavy atom. The molecule has 414 valence electrons. The minimum absolute atomic E-state index is 0.00558. The Kier molecular flexibility index (Phi) is 16.7. The molecule has 0 unspecified atom stereocenters. The standard InChI is InChI=1S/C21H23IN2O3.2C21H24N2O3/c1-26-19-5-3-15(11-17(19)22)20(25)24-8-6-21(7-9-24)13-27-18-4-2-14(12-23)10-16(18)21;1-25-17-5-3-16(4-6-17)20(24)23-10-8-21(9-11-23)14-26-19-7-2-15(13-22)12-18(19)21;1-25-17-4-2-3-16(12-17)20(24)23-9-7-21(8-10-23)14-26-19-6-5-15(13-22)11-18(19)21/h2-5,10-11H,6-9,12-13,23H2,1H3;2-7,12H,8-11,13-14,22H2,1H3;2-6,11-12H,7-10,13-14,22H2,1H3. The van der Waals surface area contributed by atoms with E-state index in [4.69, 9.17) is 45.6 Å². The quantitative estimate of drug-likeness (QED) is 0.117. The lowest BCUT2D eigenvalue weighted by Crippen LogP contribution is -2.46. The summed E-state index contributed by atoms with van der Waals surface area (Å²) >= 11 is 2.20. The molecule has 3 amide bonds. The number of likely N-dealkylation sites (tertiary alicyclic amines) is 3. The van der Waals surface area contributed by atoms with E-state index in [0.29, 0.717) is 61.9 Å². The van der Waals surface area contributed by atoms with Crippen molar-refractivity contribution in [2.24, 2.45) is 17.2 Å². The molecule has 0 saturated carbocycles. The van der Waals surface area contributed by atoms with Gasteiger partial charge in [-0.05, 0) is 157 Å². The summed E-state index contributed by atoms with van der Waals surface area (Å²) in [6.45, 7) is 8.07. The number of rotatable bonds is 9. The highest BCUT2D eigenvalue weighted by Gasteiger charge is 2.46. The molecule has 15 nitrogen and oxygen atoms in total. The van der Waals surface area contributed by atoms with Gasteiger partial charge in [-0.3, -0.25) is 14.4 Å². The monoisotopic (exact) mass is 1180 g/mol. The van der Waals surface area contributed by atoms with E-state index in [1.54, 1.807) is 27.4 Å². The summed E-state index contributed by atoms with van der Waals surface area (Å²) in [6.07, 6.45) is 5.46. The highest BCUT2D eigenvalue weighted by Crippen LogP contribution is 2.49. The van der Waals surface area contributed by atoms with E-state index in [1.807, 2.05) is 112 Å². The third-order valence-corrected chi connectivity index (χ3v) is 18.0. The van der Waals surface area contributed by atoms with Crippen LogP contribution in [0.1, 0.15) is 103 Å². The lowest BCUT2D eigenvalue weighted by molar-refractivity contribution is 0.0639. The molecule has 0 bridgehead atoms. The lowest BCUT2D eigenvalue weighted by atomic mass is 9.74. The van der Waals surface area contributed by atoms with Crippen LogP contribution in [-0.2, 0) is 35.9 Å². The molecule has 0 aromatic heterocycles. The molecule has 6 N–H and O–H groups in total. The average Bonchev–Trinajstić information content (AvgIpc) is 4.37. The summed E-state index contributed by atoms with van der Waals surface area (Å²) in [5, 5.41) is 0. The Labute approximate surface area is 476 Å². The van der Waals surface area contributed by atoms with Gasteiger partial charge in [0.25, 0.3) is 17.7 Å². The number of nitrogens with two attached hydrogens (primary N) is 3. The van der Waals surface area contributed by atoms with E-state index < -0.39 is 0 Å². The molecule has 3 spiro atoms. The number of methoxy groups -OCH3 is 3. The van der Waals surface area contributed by atoms with E-state index >= 15 is 0 Å². The smallest absolute Gasteiger partial charge is 0.253 e. The molecular weight excluding hydrogens is 1110 g/mol. The minimum atomic E-state index is 0.00558. The van der Waals surface area contributed by atoms with Crippen LogP contribution in [0.2, 0.25) is 0 Å². The van der Waals surface area contributed by atoms with Crippen LogP contribution in [0.3, 0.4) is 0 Å². The molecule has 79 heavy (non-hydrogen) atoms. The van der Waals surface area contributed by atoms with Crippen molar-refractivity contribution in [3.05, 3.63) is 175 Å². The second kappa shape index (κ2) is 23.8. The lowest BCUT2D eigenvalue weighted by Gasteiger charge is -2.38. The van der Waals surface area contributed by atoms with Crippen molar-refractivity contribution >= 4 is 40.3 Å². The first-order chi connectivity index (χ1) is 38.4. The number of hydrogen-bond donors (Lipinski definition) is 3. The Hall–Kier alpha value is -6.86. The number of fused-ring (bicyclic) bond motifs is 6. The van der Waals surface area contributed by atoms with Gasteiger partial charge in [-0.1, -0.05) is 42.5 Å². The van der Waals surface area contributed by atoms with Gasteiger partial charge in [-0.25, -0.2) is 0 Å². The third-order valence-electron chi connectivity index (χ3n) is 17.1. The van der Waals surface area contributed by atoms with Crippen molar-refractivity contribution in [1.82, 2.24) is 14.7 Å². The summed E-state index contributed by atoms with van der Waals surface area (Å²) < 4.78 is 34.5. The van der Waals surface area contributed by atoms with Gasteiger partial charge in [0.2, 0.25) is 0 Å². The van der Waals surface area contributed by atoms with Gasteiger partial charge in [0.05, 0.1) is 44.7 Å². The zero-order valence-electron chi connectivity index (χ0n) is 45.4. The molecule has 6 aromatic rings. The Balaban J connectivity index is 0.000000134. The zero-order chi connectivity index (χ0) is 55.3. The summed E-state index contributed by atoms with van der Waals surface area (Å²) in [4.78, 5) is 44.4. The van der Waals surface area contributed by atoms with Gasteiger partial charge in [0.1, 0.15) is 34.5 Å². The van der Waals surface area contributed by atoms with Crippen LogP contribution in [0.5, 0.6) is 34.5 Å². The van der Waals surface area contributed by atoms with E-state index in [0.717, 1.165) is 127 Å². The van der Waals surface area contributed by atoms with Crippen molar-refractivity contribution in [2.75, 3.05) is 80.4 Å². The molecule has 16 heteroatoms. The predicted octanol–water partition coefficient (Wildman–Crippen LogP) is 8.77. The van der Waals surface area contributed by atoms with Crippen LogP contribution in [0.4, 0.5) is 0 Å².